The van der Waals surface area contributed by atoms with Gasteiger partial charge in [-0.3, -0.25) is 4.90 Å². The molecule has 80 valence electrons. The summed E-state index contributed by atoms with van der Waals surface area (Å²) in [4.78, 5) is 13.1. The Balaban J connectivity index is 2.31. The molecule has 4 heteroatoms. The van der Waals surface area contributed by atoms with Crippen LogP contribution in [0.5, 0.6) is 0 Å². The van der Waals surface area contributed by atoms with Gasteiger partial charge in [0.1, 0.15) is 0 Å². The standard InChI is InChI=1S/C11H12ClNO2/c1-8-3-4-10(9(12)7-8)13-5-2-6-15-11(13)14/h3-4,7H,2,5-6H2,1H3. The molecule has 0 bridgehead atoms. The van der Waals surface area contributed by atoms with Crippen LogP contribution in [0.2, 0.25) is 5.02 Å². The fraction of sp³-hybridized carbons (Fsp3) is 0.364. The number of hydrogen-bond donors (Lipinski definition) is 0. The molecule has 0 unspecified atom stereocenters. The summed E-state index contributed by atoms with van der Waals surface area (Å²) in [5, 5.41) is 0.592. The number of halogens is 1. The first kappa shape index (κ1) is 10.3. The van der Waals surface area contributed by atoms with Crippen molar-refractivity contribution in [3.8, 4) is 0 Å². The first-order chi connectivity index (χ1) is 7.18. The highest BCUT2D eigenvalue weighted by Crippen LogP contribution is 2.28. The minimum Gasteiger partial charge on any atom is -0.449 e. The molecule has 0 atom stereocenters. The van der Waals surface area contributed by atoms with Gasteiger partial charge in [-0.25, -0.2) is 4.79 Å². The number of carbonyl (C=O) groups excluding carboxylic acids is 1. The average Bonchev–Trinajstić information content (AvgIpc) is 2.20. The average molecular weight is 226 g/mol. The fourth-order valence-corrected chi connectivity index (χ4v) is 1.94. The lowest BCUT2D eigenvalue weighted by Gasteiger charge is -2.27. The normalized spacial score (nSPS) is 16.4. The number of carbonyl (C=O) groups is 1. The van der Waals surface area contributed by atoms with Crippen LogP contribution in [0.1, 0.15) is 12.0 Å². The summed E-state index contributed by atoms with van der Waals surface area (Å²) in [5.41, 5.74) is 1.81. The van der Waals surface area contributed by atoms with Crippen molar-refractivity contribution >= 4 is 23.4 Å². The Labute approximate surface area is 93.6 Å². The van der Waals surface area contributed by atoms with Crippen molar-refractivity contribution < 1.29 is 9.53 Å². The smallest absolute Gasteiger partial charge is 0.414 e. The number of hydrogen-bond acceptors (Lipinski definition) is 2. The van der Waals surface area contributed by atoms with Crippen LogP contribution >= 0.6 is 11.6 Å². The molecule has 1 fully saturated rings. The van der Waals surface area contributed by atoms with Crippen LogP contribution in [-0.2, 0) is 4.74 Å². The Morgan fingerprint density at radius 3 is 2.93 bits per heavy atom. The van der Waals surface area contributed by atoms with E-state index < -0.39 is 0 Å². The molecule has 0 aliphatic carbocycles. The van der Waals surface area contributed by atoms with Gasteiger partial charge in [-0.1, -0.05) is 17.7 Å². The molecule has 1 amide bonds. The maximum atomic E-state index is 11.5. The number of cyclic esters (lactones) is 1. The monoisotopic (exact) mass is 225 g/mol. The van der Waals surface area contributed by atoms with Crippen molar-refractivity contribution in [3.63, 3.8) is 0 Å². The number of amides is 1. The van der Waals surface area contributed by atoms with Gasteiger partial charge in [-0.2, -0.15) is 0 Å². The van der Waals surface area contributed by atoms with E-state index in [4.69, 9.17) is 16.3 Å². The molecule has 0 saturated carbocycles. The van der Waals surface area contributed by atoms with E-state index in [0.717, 1.165) is 17.7 Å². The molecular formula is C11H12ClNO2. The summed E-state index contributed by atoms with van der Waals surface area (Å²) in [5.74, 6) is 0. The molecule has 0 N–H and O–H groups in total. The van der Waals surface area contributed by atoms with Crippen LogP contribution < -0.4 is 4.90 Å². The summed E-state index contributed by atoms with van der Waals surface area (Å²) in [6.07, 6.45) is 0.530. The number of nitrogens with zero attached hydrogens (tertiary/aromatic N) is 1. The van der Waals surface area contributed by atoms with Gasteiger partial charge in [-0.05, 0) is 31.0 Å². The molecule has 1 aromatic rings. The highest BCUT2D eigenvalue weighted by atomic mass is 35.5. The Morgan fingerprint density at radius 2 is 2.27 bits per heavy atom. The molecule has 1 aliphatic rings. The van der Waals surface area contributed by atoms with Crippen molar-refractivity contribution in [1.29, 1.82) is 0 Å². The predicted octanol–water partition coefficient (Wildman–Crippen LogP) is 3.00. The number of aryl methyl sites for hydroxylation is 1. The zero-order chi connectivity index (χ0) is 10.8. The van der Waals surface area contributed by atoms with E-state index in [0.29, 0.717) is 18.2 Å². The van der Waals surface area contributed by atoms with Gasteiger partial charge < -0.3 is 4.74 Å². The molecule has 0 spiro atoms. The molecule has 15 heavy (non-hydrogen) atoms. The lowest BCUT2D eigenvalue weighted by molar-refractivity contribution is 0.140. The fourth-order valence-electron chi connectivity index (χ4n) is 1.60. The number of benzene rings is 1. The maximum Gasteiger partial charge on any atom is 0.414 e. The van der Waals surface area contributed by atoms with E-state index in [9.17, 15) is 4.79 Å². The zero-order valence-corrected chi connectivity index (χ0v) is 9.25. The van der Waals surface area contributed by atoms with Gasteiger partial charge in [0.15, 0.2) is 0 Å². The first-order valence-corrected chi connectivity index (χ1v) is 5.27. The molecular weight excluding hydrogens is 214 g/mol. The van der Waals surface area contributed by atoms with Crippen LogP contribution in [0.25, 0.3) is 0 Å². The Hall–Kier alpha value is -1.22. The minimum absolute atomic E-state index is 0.313. The largest absolute Gasteiger partial charge is 0.449 e. The molecule has 0 radical (unpaired) electrons. The summed E-state index contributed by atoms with van der Waals surface area (Å²) < 4.78 is 4.96. The van der Waals surface area contributed by atoms with Crippen LogP contribution in [0, 0.1) is 6.92 Å². The topological polar surface area (TPSA) is 29.5 Å². The van der Waals surface area contributed by atoms with Crippen LogP contribution in [0.4, 0.5) is 10.5 Å². The van der Waals surface area contributed by atoms with Gasteiger partial charge in [0.2, 0.25) is 0 Å². The third kappa shape index (κ3) is 2.07. The molecule has 0 aromatic heterocycles. The predicted molar refractivity (Wildman–Crippen MR) is 59.5 cm³/mol. The summed E-state index contributed by atoms with van der Waals surface area (Å²) in [6, 6.07) is 5.63. The highest BCUT2D eigenvalue weighted by molar-refractivity contribution is 6.33. The van der Waals surface area contributed by atoms with E-state index in [1.165, 1.54) is 0 Å². The SMILES string of the molecule is Cc1ccc(N2CCCOC2=O)c(Cl)c1. The van der Waals surface area contributed by atoms with Crippen LogP contribution in [0.3, 0.4) is 0 Å². The van der Waals surface area contributed by atoms with E-state index in [-0.39, 0.29) is 6.09 Å². The first-order valence-electron chi connectivity index (χ1n) is 4.89. The maximum absolute atomic E-state index is 11.5. The third-order valence-electron chi connectivity index (χ3n) is 2.37. The van der Waals surface area contributed by atoms with Gasteiger partial charge >= 0.3 is 6.09 Å². The molecule has 3 nitrogen and oxygen atoms in total. The van der Waals surface area contributed by atoms with Crippen molar-refractivity contribution in [3.05, 3.63) is 28.8 Å². The van der Waals surface area contributed by atoms with Crippen molar-refractivity contribution in [1.82, 2.24) is 0 Å². The quantitative estimate of drug-likeness (QED) is 0.735. The lowest BCUT2D eigenvalue weighted by atomic mass is 10.2. The van der Waals surface area contributed by atoms with E-state index in [2.05, 4.69) is 0 Å². The lowest BCUT2D eigenvalue weighted by Crippen LogP contribution is -2.37. The van der Waals surface area contributed by atoms with Crippen molar-refractivity contribution in [2.75, 3.05) is 18.1 Å². The molecule has 1 saturated heterocycles. The van der Waals surface area contributed by atoms with Gasteiger partial charge in [0.05, 0.1) is 17.3 Å². The van der Waals surface area contributed by atoms with E-state index >= 15 is 0 Å². The summed E-state index contributed by atoms with van der Waals surface area (Å²) >= 11 is 6.08. The minimum atomic E-state index is -0.313. The van der Waals surface area contributed by atoms with Gasteiger partial charge in [-0.15, -0.1) is 0 Å². The van der Waals surface area contributed by atoms with Crippen LogP contribution in [0.15, 0.2) is 18.2 Å². The van der Waals surface area contributed by atoms with Gasteiger partial charge in [0, 0.05) is 6.54 Å². The van der Waals surface area contributed by atoms with E-state index in [1.54, 1.807) is 4.90 Å². The second-order valence-electron chi connectivity index (χ2n) is 3.57. The van der Waals surface area contributed by atoms with E-state index in [1.807, 2.05) is 25.1 Å². The Morgan fingerprint density at radius 1 is 1.47 bits per heavy atom. The Kier molecular flexibility index (Phi) is 2.82. The molecule has 1 aromatic carbocycles. The molecule has 2 rings (SSSR count). The number of ether oxygens (including phenoxy) is 1. The number of rotatable bonds is 1. The second kappa shape index (κ2) is 4.11. The number of anilines is 1. The Bertz CT molecular complexity index is 392. The second-order valence-corrected chi connectivity index (χ2v) is 3.98. The van der Waals surface area contributed by atoms with Gasteiger partial charge in [0.25, 0.3) is 0 Å². The summed E-state index contributed by atoms with van der Waals surface area (Å²) in [6.45, 7) is 3.13. The van der Waals surface area contributed by atoms with Crippen molar-refractivity contribution in [2.24, 2.45) is 0 Å². The molecule has 1 aliphatic heterocycles. The van der Waals surface area contributed by atoms with Crippen molar-refractivity contribution in [2.45, 2.75) is 13.3 Å². The third-order valence-corrected chi connectivity index (χ3v) is 2.67. The summed E-state index contributed by atoms with van der Waals surface area (Å²) in [7, 11) is 0. The molecule has 1 heterocycles. The zero-order valence-electron chi connectivity index (χ0n) is 8.50. The highest BCUT2D eigenvalue weighted by Gasteiger charge is 2.22. The van der Waals surface area contributed by atoms with Crippen LogP contribution in [-0.4, -0.2) is 19.2 Å².